The fourth-order valence-electron chi connectivity index (χ4n) is 4.23. The van der Waals surface area contributed by atoms with E-state index in [1.165, 1.54) is 26.4 Å². The zero-order valence-corrected chi connectivity index (χ0v) is 25.4. The highest BCUT2D eigenvalue weighted by Gasteiger charge is 2.28. The van der Waals surface area contributed by atoms with Crippen LogP contribution in [0.2, 0.25) is 0 Å². The first-order chi connectivity index (χ1) is 19.2. The predicted molar refractivity (Wildman–Crippen MR) is 154 cm³/mol. The van der Waals surface area contributed by atoms with E-state index in [0.717, 1.165) is 11.1 Å². The van der Waals surface area contributed by atoms with Gasteiger partial charge in [0.15, 0.2) is 0 Å². The van der Waals surface area contributed by atoms with E-state index in [0.29, 0.717) is 54.5 Å². The van der Waals surface area contributed by atoms with Gasteiger partial charge in [-0.25, -0.2) is 9.59 Å². The van der Waals surface area contributed by atoms with Crippen LogP contribution >= 0.6 is 0 Å². The number of amides is 2. The molecule has 0 radical (unpaired) electrons. The van der Waals surface area contributed by atoms with Crippen LogP contribution in [0.4, 0.5) is 4.79 Å². The van der Waals surface area contributed by atoms with Crippen molar-refractivity contribution in [1.82, 2.24) is 10.2 Å². The van der Waals surface area contributed by atoms with E-state index in [2.05, 4.69) is 5.32 Å². The number of ether oxygens (including phenoxy) is 5. The highest BCUT2D eigenvalue weighted by molar-refractivity contribution is 5.95. The third kappa shape index (κ3) is 9.19. The molecule has 0 aliphatic carbocycles. The van der Waals surface area contributed by atoms with Crippen molar-refractivity contribution in [2.45, 2.75) is 59.1 Å². The van der Waals surface area contributed by atoms with Crippen LogP contribution in [-0.4, -0.2) is 81.1 Å². The van der Waals surface area contributed by atoms with Gasteiger partial charge in [0.2, 0.25) is 0 Å². The van der Waals surface area contributed by atoms with Crippen LogP contribution in [0.25, 0.3) is 0 Å². The maximum absolute atomic E-state index is 12.6. The van der Waals surface area contributed by atoms with Gasteiger partial charge in [0.1, 0.15) is 28.6 Å². The van der Waals surface area contributed by atoms with Crippen molar-refractivity contribution in [2.75, 3.05) is 41.5 Å². The Morgan fingerprint density at radius 3 is 1.51 bits per heavy atom. The number of benzene rings is 2. The average molecular weight is 575 g/mol. The molecule has 0 saturated carbocycles. The molecule has 2 aromatic carbocycles. The Kier molecular flexibility index (Phi) is 11.7. The smallest absolute Gasteiger partial charge is 0.410 e. The van der Waals surface area contributed by atoms with Crippen LogP contribution in [0, 0.1) is 13.8 Å². The van der Waals surface area contributed by atoms with Gasteiger partial charge in [-0.3, -0.25) is 4.79 Å². The first-order valence-electron chi connectivity index (χ1n) is 13.2. The molecule has 1 heterocycles. The maximum atomic E-state index is 12.6. The third-order valence-corrected chi connectivity index (χ3v) is 6.50. The molecule has 226 valence electrons. The second-order valence-corrected chi connectivity index (χ2v) is 10.5. The molecule has 0 spiro atoms. The van der Waals surface area contributed by atoms with E-state index < -0.39 is 11.6 Å². The molecule has 1 aliphatic heterocycles. The molecule has 2 amide bonds. The number of hydrogen-bond donors (Lipinski definition) is 2. The Hall–Kier alpha value is -4.15. The minimum atomic E-state index is -0.999. The van der Waals surface area contributed by atoms with E-state index in [9.17, 15) is 14.4 Å². The van der Waals surface area contributed by atoms with Gasteiger partial charge in [0.25, 0.3) is 5.91 Å². The largest absolute Gasteiger partial charge is 0.496 e. The first kappa shape index (κ1) is 33.1. The lowest BCUT2D eigenvalue weighted by Gasteiger charge is -2.33. The number of carboxylic acid groups (broad SMARTS) is 1. The summed E-state index contributed by atoms with van der Waals surface area (Å²) in [4.78, 5) is 37.2. The van der Waals surface area contributed by atoms with Crippen molar-refractivity contribution in [2.24, 2.45) is 0 Å². The fraction of sp³-hybridized carbons (Fsp3) is 0.500. The molecule has 41 heavy (non-hydrogen) atoms. The van der Waals surface area contributed by atoms with Gasteiger partial charge in [0, 0.05) is 35.8 Å². The number of carboxylic acids is 1. The average Bonchev–Trinajstić information content (AvgIpc) is 2.92. The number of methoxy groups -OCH3 is 4. The monoisotopic (exact) mass is 574 g/mol. The van der Waals surface area contributed by atoms with E-state index in [-0.39, 0.29) is 23.6 Å². The predicted octanol–water partition coefficient (Wildman–Crippen LogP) is 4.85. The fourth-order valence-corrected chi connectivity index (χ4v) is 4.23. The topological polar surface area (TPSA) is 133 Å². The SMILES string of the molecule is COc1cc(C(=O)NC2CCN(C(=O)OC(C)(C)C)CC2)cc(OC)c1C.COc1cc(C(=O)O)cc(OC)c1C. The molecule has 0 aromatic heterocycles. The lowest BCUT2D eigenvalue weighted by Crippen LogP contribution is -2.47. The first-order valence-corrected chi connectivity index (χ1v) is 13.2. The number of likely N-dealkylation sites (tertiary alicyclic amines) is 1. The van der Waals surface area contributed by atoms with E-state index in [1.807, 2.05) is 34.6 Å². The van der Waals surface area contributed by atoms with Crippen LogP contribution in [0.3, 0.4) is 0 Å². The lowest BCUT2D eigenvalue weighted by atomic mass is 10.0. The van der Waals surface area contributed by atoms with Gasteiger partial charge < -0.3 is 39.0 Å². The van der Waals surface area contributed by atoms with Gasteiger partial charge in [-0.1, -0.05) is 0 Å². The normalized spacial score (nSPS) is 13.3. The van der Waals surface area contributed by atoms with E-state index >= 15 is 0 Å². The summed E-state index contributed by atoms with van der Waals surface area (Å²) in [6, 6.07) is 6.38. The molecule has 1 saturated heterocycles. The van der Waals surface area contributed by atoms with Crippen molar-refractivity contribution in [3.8, 4) is 23.0 Å². The van der Waals surface area contributed by atoms with Crippen LogP contribution in [0.1, 0.15) is 65.5 Å². The summed E-state index contributed by atoms with van der Waals surface area (Å²) < 4.78 is 26.1. The second-order valence-electron chi connectivity index (χ2n) is 10.5. The summed E-state index contributed by atoms with van der Waals surface area (Å²) in [5, 5.41) is 11.8. The minimum absolute atomic E-state index is 0.00878. The van der Waals surface area contributed by atoms with Gasteiger partial charge in [0.05, 0.1) is 34.0 Å². The number of aromatic carboxylic acids is 1. The summed E-state index contributed by atoms with van der Waals surface area (Å²) in [6.07, 6.45) is 1.07. The molecule has 2 aromatic rings. The molecule has 1 fully saturated rings. The number of nitrogens with zero attached hydrogens (tertiary/aromatic N) is 1. The summed E-state index contributed by atoms with van der Waals surface area (Å²) >= 11 is 0. The van der Waals surface area contributed by atoms with Gasteiger partial charge in [-0.15, -0.1) is 0 Å². The molecule has 3 rings (SSSR count). The zero-order chi connectivity index (χ0) is 30.9. The Bertz CT molecular complexity index is 1180. The quantitative estimate of drug-likeness (QED) is 0.476. The summed E-state index contributed by atoms with van der Waals surface area (Å²) in [6.45, 7) is 10.3. The standard InChI is InChI=1S/C20H30N2O5.C10H12O4/c1-13-16(25-5)11-14(12-17(13)26-6)18(23)21-15-7-9-22(10-8-15)19(24)27-20(2,3)4;1-6-8(13-2)4-7(10(11)12)5-9(6)14-3/h11-12,15H,7-10H2,1-6H3,(H,21,23);4-5H,1-3H3,(H,11,12). The zero-order valence-electron chi connectivity index (χ0n) is 25.4. The summed E-state index contributed by atoms with van der Waals surface area (Å²) in [5.74, 6) is 1.07. The molecular weight excluding hydrogens is 532 g/mol. The Morgan fingerprint density at radius 2 is 1.17 bits per heavy atom. The Labute approximate surface area is 241 Å². The van der Waals surface area contributed by atoms with Crippen LogP contribution in [0.5, 0.6) is 23.0 Å². The molecule has 2 N–H and O–H groups in total. The molecular formula is C30H42N2O9. The summed E-state index contributed by atoms with van der Waals surface area (Å²) in [5.41, 5.74) is 1.78. The Balaban J connectivity index is 0.000000353. The van der Waals surface area contributed by atoms with Crippen LogP contribution in [0.15, 0.2) is 24.3 Å². The molecule has 11 nitrogen and oxygen atoms in total. The van der Waals surface area contributed by atoms with Gasteiger partial charge in [-0.05, 0) is 71.7 Å². The third-order valence-electron chi connectivity index (χ3n) is 6.50. The number of hydrogen-bond acceptors (Lipinski definition) is 8. The van der Waals surface area contributed by atoms with Crippen LogP contribution in [-0.2, 0) is 4.74 Å². The number of rotatable bonds is 7. The highest BCUT2D eigenvalue weighted by atomic mass is 16.6. The summed E-state index contributed by atoms with van der Waals surface area (Å²) in [7, 11) is 6.12. The van der Waals surface area contributed by atoms with Crippen molar-refractivity contribution < 1.29 is 43.2 Å². The molecule has 1 aliphatic rings. The van der Waals surface area contributed by atoms with Crippen molar-refractivity contribution in [3.05, 3.63) is 46.5 Å². The molecule has 11 heteroatoms. The molecule has 0 atom stereocenters. The number of carbonyl (C=O) groups is 3. The van der Waals surface area contributed by atoms with Crippen LogP contribution < -0.4 is 24.3 Å². The second kappa shape index (κ2) is 14.5. The lowest BCUT2D eigenvalue weighted by molar-refractivity contribution is 0.0199. The highest BCUT2D eigenvalue weighted by Crippen LogP contribution is 2.30. The van der Waals surface area contributed by atoms with Gasteiger partial charge in [-0.2, -0.15) is 0 Å². The molecule has 0 bridgehead atoms. The van der Waals surface area contributed by atoms with Crippen molar-refractivity contribution >= 4 is 18.0 Å². The van der Waals surface area contributed by atoms with E-state index in [1.54, 1.807) is 31.3 Å². The number of carbonyl (C=O) groups excluding carboxylic acids is 2. The Morgan fingerprint density at radius 1 is 0.780 bits per heavy atom. The van der Waals surface area contributed by atoms with Gasteiger partial charge >= 0.3 is 12.1 Å². The van der Waals surface area contributed by atoms with Crippen molar-refractivity contribution in [3.63, 3.8) is 0 Å². The minimum Gasteiger partial charge on any atom is -0.496 e. The van der Waals surface area contributed by atoms with E-state index in [4.69, 9.17) is 28.8 Å². The number of nitrogens with one attached hydrogen (secondary N) is 1. The van der Waals surface area contributed by atoms with Crippen molar-refractivity contribution in [1.29, 1.82) is 0 Å². The maximum Gasteiger partial charge on any atom is 0.410 e. The molecule has 0 unspecified atom stereocenters. The number of piperidine rings is 1.